The number of halogens is 2. The van der Waals surface area contributed by atoms with Gasteiger partial charge >= 0.3 is 0 Å². The largest absolute Gasteiger partial charge is 0.358 e. The number of hydrogen-bond donors (Lipinski definition) is 1. The minimum absolute atomic E-state index is 0.0821. The summed E-state index contributed by atoms with van der Waals surface area (Å²) in [5.74, 6) is -0.270. The third kappa shape index (κ3) is 2.42. The number of likely N-dealkylation sites (N-methyl/N-ethyl adjacent to an activating group) is 1. The third-order valence-corrected chi connectivity index (χ3v) is 3.41. The van der Waals surface area contributed by atoms with Gasteiger partial charge in [-0.3, -0.25) is 9.59 Å². The van der Waals surface area contributed by atoms with Crippen LogP contribution >= 0.6 is 31.9 Å². The zero-order valence-corrected chi connectivity index (χ0v) is 10.4. The minimum Gasteiger partial charge on any atom is -0.358 e. The second kappa shape index (κ2) is 4.70. The van der Waals surface area contributed by atoms with Crippen molar-refractivity contribution in [3.05, 3.63) is 25.5 Å². The van der Waals surface area contributed by atoms with Crippen molar-refractivity contribution in [3.63, 3.8) is 0 Å². The molecule has 1 heterocycles. The number of carbonyl (C=O) groups is 1. The fraction of sp³-hybridized carbons (Fsp3) is 0.286. The van der Waals surface area contributed by atoms with E-state index in [9.17, 15) is 9.59 Å². The standard InChI is InChI=1S/C7H7Br2N3O2/c1-10-5(13)3-12-7(14)6(9)4(8)2-11-12/h2H,3H2,1H3,(H,10,13). The van der Waals surface area contributed by atoms with Gasteiger partial charge in [0.05, 0.1) is 10.7 Å². The van der Waals surface area contributed by atoms with Gasteiger partial charge in [0, 0.05) is 7.05 Å². The highest BCUT2D eigenvalue weighted by Gasteiger charge is 2.08. The van der Waals surface area contributed by atoms with Gasteiger partial charge in [0.15, 0.2) is 0 Å². The Bertz CT molecular complexity index is 416. The molecule has 7 heteroatoms. The van der Waals surface area contributed by atoms with Gasteiger partial charge in [-0.15, -0.1) is 0 Å². The van der Waals surface area contributed by atoms with Gasteiger partial charge in [0.1, 0.15) is 11.0 Å². The van der Waals surface area contributed by atoms with E-state index in [2.05, 4.69) is 42.3 Å². The summed E-state index contributed by atoms with van der Waals surface area (Å²) >= 11 is 6.23. The highest BCUT2D eigenvalue weighted by molar-refractivity contribution is 9.13. The van der Waals surface area contributed by atoms with Crippen LogP contribution in [0.2, 0.25) is 0 Å². The third-order valence-electron chi connectivity index (χ3n) is 1.51. The quantitative estimate of drug-likeness (QED) is 0.862. The molecule has 0 aliphatic carbocycles. The lowest BCUT2D eigenvalue weighted by atomic mass is 10.5. The molecule has 0 spiro atoms. The molecule has 14 heavy (non-hydrogen) atoms. The van der Waals surface area contributed by atoms with E-state index in [4.69, 9.17) is 0 Å². The second-order valence-corrected chi connectivity index (χ2v) is 4.09. The van der Waals surface area contributed by atoms with E-state index in [-0.39, 0.29) is 18.0 Å². The smallest absolute Gasteiger partial charge is 0.282 e. The predicted molar refractivity (Wildman–Crippen MR) is 58.0 cm³/mol. The highest BCUT2D eigenvalue weighted by atomic mass is 79.9. The molecule has 0 aliphatic heterocycles. The molecule has 0 aromatic carbocycles. The summed E-state index contributed by atoms with van der Waals surface area (Å²) in [5.41, 5.74) is -0.344. The van der Waals surface area contributed by atoms with Gasteiger partial charge in [0.25, 0.3) is 5.56 Å². The second-order valence-electron chi connectivity index (χ2n) is 2.44. The van der Waals surface area contributed by atoms with E-state index in [0.717, 1.165) is 4.68 Å². The van der Waals surface area contributed by atoms with E-state index >= 15 is 0 Å². The first-order valence-electron chi connectivity index (χ1n) is 3.68. The number of aromatic nitrogens is 2. The molecule has 1 amide bonds. The molecule has 0 bridgehead atoms. The molecular formula is C7H7Br2N3O2. The van der Waals surface area contributed by atoms with Gasteiger partial charge in [-0.1, -0.05) is 0 Å². The van der Waals surface area contributed by atoms with Crippen LogP contribution in [0, 0.1) is 0 Å². The number of hydrogen-bond acceptors (Lipinski definition) is 3. The number of nitrogens with zero attached hydrogens (tertiary/aromatic N) is 2. The van der Waals surface area contributed by atoms with Crippen LogP contribution in [0.5, 0.6) is 0 Å². The van der Waals surface area contributed by atoms with Gasteiger partial charge in [-0.05, 0) is 31.9 Å². The lowest BCUT2D eigenvalue weighted by Crippen LogP contribution is -2.32. The molecule has 0 atom stereocenters. The lowest BCUT2D eigenvalue weighted by Gasteiger charge is -2.03. The number of carbonyl (C=O) groups excluding carboxylic acids is 1. The number of rotatable bonds is 2. The van der Waals surface area contributed by atoms with Crippen LogP contribution in [0.4, 0.5) is 0 Å². The van der Waals surface area contributed by atoms with Crippen molar-refractivity contribution in [2.24, 2.45) is 0 Å². The Hall–Kier alpha value is -0.690. The van der Waals surface area contributed by atoms with E-state index in [1.807, 2.05) is 0 Å². The maximum atomic E-state index is 11.5. The fourth-order valence-corrected chi connectivity index (χ4v) is 1.34. The molecule has 0 unspecified atom stereocenters. The topological polar surface area (TPSA) is 64.0 Å². The number of nitrogens with one attached hydrogen (secondary N) is 1. The zero-order chi connectivity index (χ0) is 10.7. The van der Waals surface area contributed by atoms with Crippen molar-refractivity contribution in [1.82, 2.24) is 15.1 Å². The molecule has 1 aromatic rings. The summed E-state index contributed by atoms with van der Waals surface area (Å²) in [5, 5.41) is 6.20. The van der Waals surface area contributed by atoms with Gasteiger partial charge in [-0.25, -0.2) is 4.68 Å². The van der Waals surface area contributed by atoms with Gasteiger partial charge < -0.3 is 5.32 Å². The fourth-order valence-electron chi connectivity index (χ4n) is 0.773. The SMILES string of the molecule is CNC(=O)Cn1ncc(Br)c(Br)c1=O. The molecule has 5 nitrogen and oxygen atoms in total. The first-order valence-corrected chi connectivity index (χ1v) is 5.26. The van der Waals surface area contributed by atoms with Crippen molar-refractivity contribution in [1.29, 1.82) is 0 Å². The first-order chi connectivity index (χ1) is 6.56. The molecule has 0 saturated heterocycles. The summed E-state index contributed by atoms with van der Waals surface area (Å²) in [6.45, 7) is -0.0821. The van der Waals surface area contributed by atoms with E-state index < -0.39 is 0 Å². The Morgan fingerprint density at radius 2 is 2.29 bits per heavy atom. The minimum atomic E-state index is -0.344. The van der Waals surface area contributed by atoms with E-state index in [1.165, 1.54) is 13.2 Å². The molecule has 1 N–H and O–H groups in total. The van der Waals surface area contributed by atoms with Crippen LogP contribution in [-0.2, 0) is 11.3 Å². The maximum Gasteiger partial charge on any atom is 0.282 e. The molecule has 0 aliphatic rings. The summed E-state index contributed by atoms with van der Waals surface area (Å²) in [4.78, 5) is 22.5. The van der Waals surface area contributed by atoms with E-state index in [0.29, 0.717) is 8.95 Å². The van der Waals surface area contributed by atoms with Crippen LogP contribution in [0.25, 0.3) is 0 Å². The van der Waals surface area contributed by atoms with E-state index in [1.54, 1.807) is 0 Å². The van der Waals surface area contributed by atoms with Crippen LogP contribution in [0.15, 0.2) is 19.9 Å². The van der Waals surface area contributed by atoms with Crippen LogP contribution in [0.1, 0.15) is 0 Å². The van der Waals surface area contributed by atoms with Gasteiger partial charge in [-0.2, -0.15) is 5.10 Å². The zero-order valence-electron chi connectivity index (χ0n) is 7.25. The lowest BCUT2D eigenvalue weighted by molar-refractivity contribution is -0.121. The predicted octanol–water partition coefficient (Wildman–Crippen LogP) is 0.514. The Morgan fingerprint density at radius 1 is 1.64 bits per heavy atom. The average molecular weight is 325 g/mol. The molecule has 76 valence electrons. The maximum absolute atomic E-state index is 11.5. The van der Waals surface area contributed by atoms with Crippen LogP contribution in [0.3, 0.4) is 0 Å². The monoisotopic (exact) mass is 323 g/mol. The first kappa shape index (κ1) is 11.4. The Kier molecular flexibility index (Phi) is 3.82. The van der Waals surface area contributed by atoms with Crippen molar-refractivity contribution in [2.75, 3.05) is 7.05 Å². The molecule has 0 saturated carbocycles. The molecule has 0 fully saturated rings. The summed E-state index contributed by atoms with van der Waals surface area (Å²) in [6.07, 6.45) is 1.45. The number of amides is 1. The Morgan fingerprint density at radius 3 is 2.86 bits per heavy atom. The molecular weight excluding hydrogens is 318 g/mol. The van der Waals surface area contributed by atoms with Gasteiger partial charge in [0.2, 0.25) is 5.91 Å². The van der Waals surface area contributed by atoms with Crippen molar-refractivity contribution in [2.45, 2.75) is 6.54 Å². The summed E-state index contributed by atoms with van der Waals surface area (Å²) in [6, 6.07) is 0. The highest BCUT2D eigenvalue weighted by Crippen LogP contribution is 2.16. The van der Waals surface area contributed by atoms with Crippen LogP contribution < -0.4 is 10.9 Å². The molecule has 1 rings (SSSR count). The normalized spacial score (nSPS) is 9.93. The molecule has 0 radical (unpaired) electrons. The summed E-state index contributed by atoms with van der Waals surface area (Å²) < 4.78 is 2.00. The van der Waals surface area contributed by atoms with Crippen molar-refractivity contribution >= 4 is 37.8 Å². The summed E-state index contributed by atoms with van der Waals surface area (Å²) in [7, 11) is 1.50. The molecule has 1 aromatic heterocycles. The Labute approximate surface area is 96.8 Å². The van der Waals surface area contributed by atoms with Crippen molar-refractivity contribution in [3.8, 4) is 0 Å². The van der Waals surface area contributed by atoms with Crippen molar-refractivity contribution < 1.29 is 4.79 Å². The average Bonchev–Trinajstić information content (AvgIpc) is 2.19. The van der Waals surface area contributed by atoms with Crippen LogP contribution in [-0.4, -0.2) is 22.7 Å². The Balaban J connectivity index is 3.06.